The van der Waals surface area contributed by atoms with Crippen LogP contribution in [0.3, 0.4) is 0 Å². The lowest BCUT2D eigenvalue weighted by atomic mass is 9.87. The van der Waals surface area contributed by atoms with Gasteiger partial charge in [-0.3, -0.25) is 0 Å². The third kappa shape index (κ3) is 143. The summed E-state index contributed by atoms with van der Waals surface area (Å²) in [6.07, 6.45) is 3.79. The number of hydrogen-bond donors (Lipinski definition) is 0. The molecule has 0 saturated heterocycles. The molecule has 0 atom stereocenters. The van der Waals surface area contributed by atoms with E-state index in [-0.39, 0.29) is 0 Å². The molecule has 0 aliphatic rings. The Morgan fingerprint density at radius 3 is 0.372 bits per heavy atom. The summed E-state index contributed by atoms with van der Waals surface area (Å²) in [5, 5.41) is 7.87. The van der Waals surface area contributed by atoms with Crippen molar-refractivity contribution in [2.75, 3.05) is 0 Å². The lowest BCUT2D eigenvalue weighted by Gasteiger charge is -2.18. The lowest BCUT2D eigenvalue weighted by molar-refractivity contribution is 0.397. The first-order chi connectivity index (χ1) is 59.4. The Morgan fingerprint density at radius 1 is 0.163 bits per heavy atom. The minimum absolute atomic E-state index is 0.293. The molecular formula is C129H222. The third-order valence-corrected chi connectivity index (χ3v) is 12.7. The summed E-state index contributed by atoms with van der Waals surface area (Å²) in [5.41, 5.74) is 12.7. The standard InChI is InChI=1S/C14H10.2C12H10.C10H8.C10H14.C7H8.2C6H14.7C5H12.C3H8.7C2H6/c1-2-6-12-10-14-8-4-3-7-13(14)9-11(12)5-1;2*1-3-7-11(8-4-1)12-9-5-2-6-10-12;1-2-6-10-8-4-3-7-9(10)5-1;1-10(2,3)9-7-5-4-6-8-9;1-7-5-3-2-4-6-7;2*1-5-6(2,3)4;7*1-5(2,3)4;1-3-2;7*1-2/h1-10H;2*1-10H;1-8H;4-8H,1-3H3;2-6H,1H3;2*5H2,1-4H3;7*1-4H3;3H2,1-2H3;7*1-2H3. The highest BCUT2D eigenvalue weighted by Crippen LogP contribution is 2.25. The van der Waals surface area contributed by atoms with E-state index in [9.17, 15) is 0 Å². The zero-order valence-corrected chi connectivity index (χ0v) is 96.8. The van der Waals surface area contributed by atoms with E-state index in [1.165, 1.54) is 85.0 Å². The third-order valence-electron chi connectivity index (χ3n) is 12.7. The van der Waals surface area contributed by atoms with Crippen molar-refractivity contribution in [2.45, 2.75) is 412 Å². The molecule has 0 heterocycles. The second-order valence-corrected chi connectivity index (χ2v) is 44.2. The van der Waals surface area contributed by atoms with E-state index in [0.717, 1.165) is 0 Å². The van der Waals surface area contributed by atoms with Crippen LogP contribution in [0.2, 0.25) is 0 Å². The summed E-state index contributed by atoms with van der Waals surface area (Å²) in [7, 11) is 0. The first kappa shape index (κ1) is 147. The molecule has 0 aliphatic heterocycles. The van der Waals surface area contributed by atoms with Gasteiger partial charge in [0.25, 0.3) is 0 Å². The molecule has 0 bridgehead atoms. The van der Waals surface area contributed by atoms with Crippen LogP contribution in [0.1, 0.15) is 411 Å². The van der Waals surface area contributed by atoms with Gasteiger partial charge in [-0.25, -0.2) is 0 Å². The van der Waals surface area contributed by atoms with E-state index in [1.54, 1.807) is 0 Å². The molecule has 0 heteroatoms. The molecule has 0 saturated carbocycles. The summed E-state index contributed by atoms with van der Waals surface area (Å²) < 4.78 is 0. The number of aryl methyl sites for hydroxylation is 1. The highest BCUT2D eigenvalue weighted by molar-refractivity contribution is 5.98. The second kappa shape index (κ2) is 88.1. The normalized spacial score (nSPS) is 9.95. The Hall–Kier alpha value is -7.80. The van der Waals surface area contributed by atoms with Crippen molar-refractivity contribution in [3.05, 3.63) is 302 Å². The summed E-state index contributed by atoms with van der Waals surface area (Å²) in [6.45, 7) is 120. The summed E-state index contributed by atoms with van der Waals surface area (Å²) in [6, 6.07) is 101. The Morgan fingerprint density at radius 2 is 0.271 bits per heavy atom. The van der Waals surface area contributed by atoms with Crippen LogP contribution in [0, 0.1) is 55.7 Å². The maximum atomic E-state index is 2.24. The fraction of sp³-hybridized carbons (Fsp3) is 0.535. The van der Waals surface area contributed by atoms with Crippen LogP contribution in [-0.4, -0.2) is 0 Å². The summed E-state index contributed by atoms with van der Waals surface area (Å²) >= 11 is 0. The van der Waals surface area contributed by atoms with Crippen LogP contribution in [0.5, 0.6) is 0 Å². The summed E-state index contributed by atoms with van der Waals surface area (Å²) in [5.74, 6) is 0. The molecule has 0 fully saturated rings. The topological polar surface area (TPSA) is 0 Å². The first-order valence-corrected chi connectivity index (χ1v) is 50.0. The SMILES string of the molecule is CC.CC.CC.CC.CC.CC.CC.CC(C)(C)C.CC(C)(C)C.CC(C)(C)C.CC(C)(C)C.CC(C)(C)C.CC(C)(C)C.CC(C)(C)C.CC(C)(C)c1ccccc1.CCC.CCC(C)(C)C.CCC(C)(C)C.Cc1ccccc1.c1ccc(-c2ccccc2)cc1.c1ccc(-c2ccccc2)cc1.c1ccc2cc3ccccc3cc2c1.c1ccc2ccccc2c1. The number of hydrogen-bond acceptors (Lipinski definition) is 0. The minimum Gasteiger partial charge on any atom is -0.0683 e. The molecule has 11 rings (SSSR count). The van der Waals surface area contributed by atoms with Crippen molar-refractivity contribution in [1.29, 1.82) is 0 Å². The van der Waals surface area contributed by atoms with E-state index in [1.807, 2.05) is 139 Å². The van der Waals surface area contributed by atoms with Gasteiger partial charge in [-0.2, -0.15) is 0 Å². The molecule has 11 aromatic carbocycles. The van der Waals surface area contributed by atoms with Crippen molar-refractivity contribution < 1.29 is 0 Å². The van der Waals surface area contributed by atoms with Crippen LogP contribution >= 0.6 is 0 Å². The van der Waals surface area contributed by atoms with Crippen molar-refractivity contribution in [3.63, 3.8) is 0 Å². The zero-order chi connectivity index (χ0) is 104. The van der Waals surface area contributed by atoms with Crippen molar-refractivity contribution in [1.82, 2.24) is 0 Å². The molecule has 0 aliphatic carbocycles. The van der Waals surface area contributed by atoms with Gasteiger partial charge < -0.3 is 0 Å². The lowest BCUT2D eigenvalue weighted by Crippen LogP contribution is -2.10. The largest absolute Gasteiger partial charge is 0.0683 e. The average Bonchev–Trinajstić information content (AvgIpc) is 0.815. The monoisotopic (exact) mass is 1770 g/mol. The maximum absolute atomic E-state index is 2.24. The first-order valence-electron chi connectivity index (χ1n) is 50.0. The highest BCUT2D eigenvalue weighted by Gasteiger charge is 2.12. The molecule has 0 aromatic heterocycles. The Labute approximate surface area is 812 Å². The van der Waals surface area contributed by atoms with E-state index < -0.39 is 0 Å². The van der Waals surface area contributed by atoms with Crippen LogP contribution in [-0.2, 0) is 5.41 Å². The molecule has 0 amide bonds. The molecule has 0 N–H and O–H groups in total. The van der Waals surface area contributed by atoms with Gasteiger partial charge in [-0.05, 0) is 133 Å². The Kier molecular flexibility index (Phi) is 100. The Bertz CT molecular complexity index is 3460. The van der Waals surface area contributed by atoms with Gasteiger partial charge in [0.1, 0.15) is 0 Å². The molecule has 738 valence electrons. The number of benzene rings is 11. The van der Waals surface area contributed by atoms with Gasteiger partial charge in [-0.1, -0.05) is 685 Å². The predicted molar refractivity (Wildman–Crippen MR) is 616 cm³/mol. The molecule has 11 aromatic rings. The fourth-order valence-corrected chi connectivity index (χ4v) is 7.01. The van der Waals surface area contributed by atoms with E-state index >= 15 is 0 Å². The van der Waals surface area contributed by atoms with Gasteiger partial charge in [0, 0.05) is 0 Å². The molecule has 0 spiro atoms. The minimum atomic E-state index is 0.293. The quantitative estimate of drug-likeness (QED) is 0.151. The second-order valence-electron chi connectivity index (χ2n) is 44.2. The number of rotatable bonds is 2. The van der Waals surface area contributed by atoms with Crippen LogP contribution in [0.25, 0.3) is 54.6 Å². The molecule has 0 unspecified atom stereocenters. The van der Waals surface area contributed by atoms with Gasteiger partial charge in [0.2, 0.25) is 0 Å². The molecule has 0 nitrogen and oxygen atoms in total. The molecule has 129 heavy (non-hydrogen) atoms. The van der Waals surface area contributed by atoms with Gasteiger partial charge in [-0.15, -0.1) is 0 Å². The average molecular weight is 1770 g/mol. The fourth-order valence-electron chi connectivity index (χ4n) is 7.01. The smallest absolute Gasteiger partial charge is 0.0132 e. The van der Waals surface area contributed by atoms with Crippen molar-refractivity contribution in [3.8, 4) is 22.3 Å². The molecular weight excluding hydrogens is 1550 g/mol. The molecule has 0 radical (unpaired) electrons. The van der Waals surface area contributed by atoms with Crippen molar-refractivity contribution in [2.24, 2.45) is 48.7 Å². The van der Waals surface area contributed by atoms with Gasteiger partial charge in [0.05, 0.1) is 0 Å². The van der Waals surface area contributed by atoms with E-state index in [0.29, 0.717) is 54.1 Å². The van der Waals surface area contributed by atoms with Crippen LogP contribution < -0.4 is 0 Å². The van der Waals surface area contributed by atoms with Gasteiger partial charge in [0.15, 0.2) is 0 Å². The highest BCUT2D eigenvalue weighted by atomic mass is 14.2. The predicted octanol–water partition coefficient (Wildman–Crippen LogP) is 46.4. The van der Waals surface area contributed by atoms with E-state index in [4.69, 9.17) is 0 Å². The van der Waals surface area contributed by atoms with Crippen LogP contribution in [0.4, 0.5) is 0 Å². The summed E-state index contributed by atoms with van der Waals surface area (Å²) in [4.78, 5) is 0. The number of fused-ring (bicyclic) bond motifs is 3. The van der Waals surface area contributed by atoms with Gasteiger partial charge >= 0.3 is 0 Å². The van der Waals surface area contributed by atoms with E-state index in [2.05, 4.69) is 540 Å². The Balaban J connectivity index is -0.000000114. The van der Waals surface area contributed by atoms with Crippen molar-refractivity contribution >= 4 is 32.3 Å². The maximum Gasteiger partial charge on any atom is -0.0132 e. The zero-order valence-electron chi connectivity index (χ0n) is 96.8. The van der Waals surface area contributed by atoms with Crippen LogP contribution in [0.15, 0.2) is 291 Å².